The van der Waals surface area contributed by atoms with E-state index < -0.39 is 17.4 Å². The molecule has 8 heteroatoms. The molecule has 3 N–H and O–H groups in total. The summed E-state index contributed by atoms with van der Waals surface area (Å²) in [7, 11) is -1.76. The number of nitrogens with zero attached hydrogens (tertiary/aromatic N) is 2. The first-order valence-corrected chi connectivity index (χ1v) is 9.39. The van der Waals surface area contributed by atoms with Crippen LogP contribution in [0.3, 0.4) is 0 Å². The molecule has 0 amide bonds. The maximum atomic E-state index is 13.3. The summed E-state index contributed by atoms with van der Waals surface area (Å²) in [5, 5.41) is 19.0. The van der Waals surface area contributed by atoms with Gasteiger partial charge in [-0.05, 0) is 60.9 Å². The maximum absolute atomic E-state index is 13.3. The largest absolute Gasteiger partial charge is 0.392 e. The Balaban J connectivity index is 2.20. The molecule has 3 rings (SSSR count). The monoisotopic (exact) mass is 391 g/mol. The summed E-state index contributed by atoms with van der Waals surface area (Å²) in [5.74, 6) is 0. The predicted octanol–water partition coefficient (Wildman–Crippen LogP) is 3.57. The third kappa shape index (κ3) is 3.83. The molecule has 1 aromatic heterocycles. The van der Waals surface area contributed by atoms with Gasteiger partial charge < -0.3 is 5.11 Å². The Morgan fingerprint density at radius 2 is 1.89 bits per heavy atom. The molecule has 3 aromatic rings. The molecule has 27 heavy (non-hydrogen) atoms. The number of nitrogens with two attached hydrogens (primary N) is 1. The van der Waals surface area contributed by atoms with Gasteiger partial charge in [-0.3, -0.25) is 0 Å². The lowest BCUT2D eigenvalue weighted by Crippen LogP contribution is -2.08. The molecule has 1 heterocycles. The van der Waals surface area contributed by atoms with E-state index >= 15 is 0 Å². The molecule has 0 spiro atoms. The smallest absolute Gasteiger partial charge is 0.282 e. The van der Waals surface area contributed by atoms with Crippen LogP contribution in [0.1, 0.15) is 28.8 Å². The van der Waals surface area contributed by atoms with Gasteiger partial charge in [-0.25, -0.2) is 22.8 Å². The number of alkyl halides is 2. The SMILES string of the molecule is Cc1ccc(-c2cc(C(F)F)nn2-c2ccc(S(N)=O)c(CO)c2)cc1C. The second-order valence-corrected chi connectivity index (χ2v) is 7.25. The summed E-state index contributed by atoms with van der Waals surface area (Å²) in [6.45, 7) is 3.54. The molecule has 0 fully saturated rings. The molecule has 0 aliphatic heterocycles. The quantitative estimate of drug-likeness (QED) is 0.698. The molecule has 0 bridgehead atoms. The highest BCUT2D eigenvalue weighted by atomic mass is 32.2. The van der Waals surface area contributed by atoms with Gasteiger partial charge >= 0.3 is 0 Å². The van der Waals surface area contributed by atoms with Crippen LogP contribution in [0.15, 0.2) is 47.4 Å². The summed E-state index contributed by atoms with van der Waals surface area (Å²) < 4.78 is 39.5. The van der Waals surface area contributed by atoms with Crippen LogP contribution in [-0.4, -0.2) is 19.1 Å². The first-order valence-electron chi connectivity index (χ1n) is 8.18. The summed E-state index contributed by atoms with van der Waals surface area (Å²) in [4.78, 5) is 0.287. The van der Waals surface area contributed by atoms with Gasteiger partial charge in [0.1, 0.15) is 16.7 Å². The van der Waals surface area contributed by atoms with E-state index in [1.165, 1.54) is 16.8 Å². The normalized spacial score (nSPS) is 12.6. The molecule has 0 saturated heterocycles. The molecule has 0 aliphatic rings. The molecular weight excluding hydrogens is 372 g/mol. The fourth-order valence-electron chi connectivity index (χ4n) is 2.83. The van der Waals surface area contributed by atoms with Crippen molar-refractivity contribution < 1.29 is 18.1 Å². The van der Waals surface area contributed by atoms with Gasteiger partial charge in [-0.15, -0.1) is 0 Å². The van der Waals surface area contributed by atoms with Crippen molar-refractivity contribution >= 4 is 11.0 Å². The number of aliphatic hydroxyl groups is 1. The summed E-state index contributed by atoms with van der Waals surface area (Å²) in [5.41, 5.74) is 3.84. The van der Waals surface area contributed by atoms with Gasteiger partial charge in [-0.2, -0.15) is 5.10 Å². The van der Waals surface area contributed by atoms with Crippen LogP contribution in [0.25, 0.3) is 16.9 Å². The Bertz CT molecular complexity index is 1020. The highest BCUT2D eigenvalue weighted by Gasteiger charge is 2.19. The minimum atomic E-state index is -2.72. The molecule has 142 valence electrons. The summed E-state index contributed by atoms with van der Waals surface area (Å²) in [6, 6.07) is 11.7. The third-order valence-electron chi connectivity index (χ3n) is 4.43. The van der Waals surface area contributed by atoms with Gasteiger partial charge in [-0.1, -0.05) is 12.1 Å². The highest BCUT2D eigenvalue weighted by molar-refractivity contribution is 7.82. The topological polar surface area (TPSA) is 81.1 Å². The lowest BCUT2D eigenvalue weighted by atomic mass is 10.0. The zero-order valence-corrected chi connectivity index (χ0v) is 15.6. The van der Waals surface area contributed by atoms with Crippen LogP contribution in [0.5, 0.6) is 0 Å². The maximum Gasteiger partial charge on any atom is 0.282 e. The van der Waals surface area contributed by atoms with Crippen LogP contribution in [0.4, 0.5) is 8.78 Å². The fourth-order valence-corrected chi connectivity index (χ4v) is 3.41. The molecule has 0 saturated carbocycles. The Hall–Kier alpha value is -2.42. The Morgan fingerprint density at radius 3 is 2.48 bits per heavy atom. The number of aliphatic hydroxyl groups excluding tert-OH is 1. The van der Waals surface area contributed by atoms with E-state index in [1.807, 2.05) is 32.0 Å². The highest BCUT2D eigenvalue weighted by Crippen LogP contribution is 2.30. The predicted molar refractivity (Wildman–Crippen MR) is 99.9 cm³/mol. The molecule has 5 nitrogen and oxygen atoms in total. The number of halogens is 2. The second kappa shape index (κ2) is 7.67. The zero-order valence-electron chi connectivity index (χ0n) is 14.8. The van der Waals surface area contributed by atoms with Crippen molar-refractivity contribution in [2.24, 2.45) is 5.14 Å². The first-order chi connectivity index (χ1) is 12.8. The van der Waals surface area contributed by atoms with E-state index in [9.17, 15) is 18.1 Å². The Morgan fingerprint density at radius 1 is 1.15 bits per heavy atom. The lowest BCUT2D eigenvalue weighted by Gasteiger charge is -2.12. The average Bonchev–Trinajstić information content (AvgIpc) is 3.09. The average molecular weight is 391 g/mol. The number of rotatable bonds is 5. The zero-order chi connectivity index (χ0) is 19.7. The van der Waals surface area contributed by atoms with Gasteiger partial charge in [0.05, 0.1) is 22.9 Å². The molecule has 2 aromatic carbocycles. The Kier molecular flexibility index (Phi) is 5.50. The minimum absolute atomic E-state index is 0.287. The standard InChI is InChI=1S/C19H19F2N3O2S/c1-11-3-4-13(7-12(11)2)17-9-16(19(20)21)23-24(17)15-5-6-18(27(22)26)14(8-15)10-25/h3-9,19,25H,10,22H2,1-2H3. The number of benzene rings is 2. The molecule has 1 atom stereocenters. The van der Waals surface area contributed by atoms with Crippen LogP contribution in [0, 0.1) is 13.8 Å². The fraction of sp³-hybridized carbons (Fsp3) is 0.211. The summed E-state index contributed by atoms with van der Waals surface area (Å²) >= 11 is 0. The molecule has 1 unspecified atom stereocenters. The van der Waals surface area contributed by atoms with Gasteiger partial charge in [0.2, 0.25) is 0 Å². The summed E-state index contributed by atoms with van der Waals surface area (Å²) in [6.07, 6.45) is -2.72. The molecular formula is C19H19F2N3O2S. The number of hydrogen-bond donors (Lipinski definition) is 2. The van der Waals surface area contributed by atoms with Crippen molar-refractivity contribution in [3.05, 3.63) is 64.8 Å². The van der Waals surface area contributed by atoms with Crippen molar-refractivity contribution in [2.75, 3.05) is 0 Å². The van der Waals surface area contributed by atoms with E-state index in [4.69, 9.17) is 5.14 Å². The van der Waals surface area contributed by atoms with E-state index in [0.29, 0.717) is 16.9 Å². The van der Waals surface area contributed by atoms with Crippen LogP contribution >= 0.6 is 0 Å². The van der Waals surface area contributed by atoms with E-state index in [-0.39, 0.29) is 17.2 Å². The minimum Gasteiger partial charge on any atom is -0.392 e. The van der Waals surface area contributed by atoms with Crippen molar-refractivity contribution in [1.29, 1.82) is 0 Å². The Labute approximate surface area is 158 Å². The van der Waals surface area contributed by atoms with E-state index in [0.717, 1.165) is 16.7 Å². The number of aromatic nitrogens is 2. The molecule has 0 radical (unpaired) electrons. The van der Waals surface area contributed by atoms with Gasteiger partial charge in [0.15, 0.2) is 0 Å². The number of aryl methyl sites for hydroxylation is 2. The van der Waals surface area contributed by atoms with Crippen LogP contribution in [0.2, 0.25) is 0 Å². The molecule has 0 aliphatic carbocycles. The van der Waals surface area contributed by atoms with E-state index in [1.54, 1.807) is 12.1 Å². The van der Waals surface area contributed by atoms with Gasteiger partial charge in [0, 0.05) is 5.56 Å². The lowest BCUT2D eigenvalue weighted by molar-refractivity contribution is 0.145. The van der Waals surface area contributed by atoms with Crippen molar-refractivity contribution in [1.82, 2.24) is 9.78 Å². The van der Waals surface area contributed by atoms with Gasteiger partial charge in [0.25, 0.3) is 6.43 Å². The van der Waals surface area contributed by atoms with Crippen molar-refractivity contribution in [3.8, 4) is 16.9 Å². The third-order valence-corrected chi connectivity index (χ3v) is 5.26. The van der Waals surface area contributed by atoms with E-state index in [2.05, 4.69) is 5.10 Å². The second-order valence-electron chi connectivity index (χ2n) is 6.21. The number of hydrogen-bond acceptors (Lipinski definition) is 3. The first kappa shape index (κ1) is 19.3. The van der Waals surface area contributed by atoms with Crippen molar-refractivity contribution in [2.45, 2.75) is 31.8 Å². The van der Waals surface area contributed by atoms with Crippen molar-refractivity contribution in [3.63, 3.8) is 0 Å². The van der Waals surface area contributed by atoms with Crippen LogP contribution < -0.4 is 5.14 Å². The van der Waals surface area contributed by atoms with Crippen LogP contribution in [-0.2, 0) is 17.6 Å².